The van der Waals surface area contributed by atoms with Crippen LogP contribution < -0.4 is 14.8 Å². The molecule has 2 aromatic rings. The second kappa shape index (κ2) is 9.60. The number of fused-ring (bicyclic) bond motifs is 4. The zero-order valence-corrected chi connectivity index (χ0v) is 20.2. The van der Waals surface area contributed by atoms with Crippen molar-refractivity contribution >= 4 is 17.7 Å². The van der Waals surface area contributed by atoms with E-state index >= 15 is 0 Å². The number of methoxy groups -OCH3 is 2. The van der Waals surface area contributed by atoms with Crippen molar-refractivity contribution in [2.75, 3.05) is 40.4 Å². The van der Waals surface area contributed by atoms with Crippen LogP contribution in [0.5, 0.6) is 11.5 Å². The number of rotatable bonds is 7. The van der Waals surface area contributed by atoms with Gasteiger partial charge in [0, 0.05) is 38.2 Å². The van der Waals surface area contributed by atoms with Crippen molar-refractivity contribution in [3.8, 4) is 11.5 Å². The molecule has 0 radical (unpaired) electrons. The maximum Gasteiger partial charge on any atom is 0.254 e. The van der Waals surface area contributed by atoms with E-state index in [1.165, 1.54) is 7.11 Å². The van der Waals surface area contributed by atoms with Crippen LogP contribution in [0, 0.1) is 0 Å². The van der Waals surface area contributed by atoms with Crippen molar-refractivity contribution in [1.82, 2.24) is 15.1 Å². The number of amides is 3. The van der Waals surface area contributed by atoms with Crippen molar-refractivity contribution in [2.45, 2.75) is 37.6 Å². The predicted octanol–water partition coefficient (Wildman–Crippen LogP) is 2.67. The number of nitrogens with one attached hydrogen (secondary N) is 1. The number of carbonyl (C=O) groups excluding carboxylic acids is 3. The third kappa shape index (κ3) is 4.11. The third-order valence-corrected chi connectivity index (χ3v) is 7.39. The van der Waals surface area contributed by atoms with Crippen molar-refractivity contribution in [3.63, 3.8) is 0 Å². The first kappa shape index (κ1) is 23.2. The molecule has 3 aliphatic heterocycles. The number of hydrogen-bond donors (Lipinski definition) is 1. The minimum Gasteiger partial charge on any atom is -0.493 e. The monoisotopic (exact) mass is 477 g/mol. The summed E-state index contributed by atoms with van der Waals surface area (Å²) in [4.78, 5) is 42.9. The van der Waals surface area contributed by atoms with Crippen LogP contribution in [0.3, 0.4) is 0 Å². The van der Waals surface area contributed by atoms with E-state index in [2.05, 4.69) is 11.4 Å². The number of nitrogens with zero attached hydrogens (tertiary/aromatic N) is 2. The molecule has 0 spiro atoms. The smallest absolute Gasteiger partial charge is 0.254 e. The molecule has 35 heavy (non-hydrogen) atoms. The molecule has 8 nitrogen and oxygen atoms in total. The normalized spacial score (nSPS) is 20.7. The molecule has 1 fully saturated rings. The summed E-state index contributed by atoms with van der Waals surface area (Å²) in [6.45, 7) is 2.45. The van der Waals surface area contributed by atoms with Crippen LogP contribution >= 0.6 is 0 Å². The van der Waals surface area contributed by atoms with Gasteiger partial charge in [-0.25, -0.2) is 0 Å². The van der Waals surface area contributed by atoms with Gasteiger partial charge in [0.25, 0.3) is 5.91 Å². The van der Waals surface area contributed by atoms with Crippen LogP contribution in [-0.2, 0) is 16.0 Å². The number of ether oxygens (including phenoxy) is 2. The first-order chi connectivity index (χ1) is 17.0. The van der Waals surface area contributed by atoms with Gasteiger partial charge in [-0.3, -0.25) is 14.4 Å². The molecule has 5 rings (SSSR count). The number of likely N-dealkylation sites (tertiary alicyclic amines) is 1. The van der Waals surface area contributed by atoms with Crippen LogP contribution in [0.4, 0.5) is 0 Å². The van der Waals surface area contributed by atoms with E-state index in [0.717, 1.165) is 30.5 Å². The Balaban J connectivity index is 1.47. The quantitative estimate of drug-likeness (QED) is 0.620. The maximum absolute atomic E-state index is 13.7. The zero-order valence-electron chi connectivity index (χ0n) is 20.2. The van der Waals surface area contributed by atoms with Gasteiger partial charge in [-0.1, -0.05) is 24.3 Å². The van der Waals surface area contributed by atoms with Crippen LogP contribution in [0.25, 0.3) is 0 Å². The SMILES string of the molecule is COc1cc2c(cc1OC)[C@@H](C(=O)NCCCN1CCCC1=O)[C@@H]1c3ccccc3CCN1C2=O. The Morgan fingerprint density at radius 3 is 2.54 bits per heavy atom. The van der Waals surface area contributed by atoms with Crippen LogP contribution in [0.15, 0.2) is 36.4 Å². The number of benzene rings is 2. The average Bonchev–Trinajstić information content (AvgIpc) is 3.30. The molecular formula is C27H31N3O5. The van der Waals surface area contributed by atoms with E-state index in [-0.39, 0.29) is 17.7 Å². The number of carbonyl (C=O) groups is 3. The molecule has 2 aromatic carbocycles. The molecule has 0 saturated carbocycles. The fraction of sp³-hybridized carbons (Fsp3) is 0.444. The molecule has 0 aliphatic carbocycles. The van der Waals surface area contributed by atoms with Crippen LogP contribution in [0.2, 0.25) is 0 Å². The van der Waals surface area contributed by atoms with E-state index in [1.54, 1.807) is 19.2 Å². The highest BCUT2D eigenvalue weighted by Crippen LogP contribution is 2.48. The Labute approximate surface area is 205 Å². The lowest BCUT2D eigenvalue weighted by atomic mass is 9.75. The van der Waals surface area contributed by atoms with Crippen LogP contribution in [-0.4, -0.2) is 67.9 Å². The Morgan fingerprint density at radius 2 is 1.80 bits per heavy atom. The van der Waals surface area contributed by atoms with E-state index in [9.17, 15) is 14.4 Å². The molecule has 3 amide bonds. The Hall–Kier alpha value is -3.55. The van der Waals surface area contributed by atoms with Gasteiger partial charge < -0.3 is 24.6 Å². The third-order valence-electron chi connectivity index (χ3n) is 7.39. The Bertz CT molecular complexity index is 1160. The number of hydrogen-bond acceptors (Lipinski definition) is 5. The summed E-state index contributed by atoms with van der Waals surface area (Å²) in [5.41, 5.74) is 3.30. The molecule has 1 N–H and O–H groups in total. The van der Waals surface area contributed by atoms with E-state index in [0.29, 0.717) is 55.1 Å². The van der Waals surface area contributed by atoms with Gasteiger partial charge in [0.05, 0.1) is 26.2 Å². The standard InChI is InChI=1S/C27H31N3O5/c1-34-21-15-19-20(16-22(21)35-2)27(33)30-14-10-17-7-3-4-8-18(17)25(30)24(19)26(32)28-11-6-13-29-12-5-9-23(29)31/h3-4,7-8,15-16,24-25H,5-6,9-14H2,1-2H3,(H,28,32)/t24-,25+/m1/s1. The van der Waals surface area contributed by atoms with Crippen molar-refractivity contribution in [3.05, 3.63) is 58.7 Å². The summed E-state index contributed by atoms with van der Waals surface area (Å²) >= 11 is 0. The molecule has 0 bridgehead atoms. The summed E-state index contributed by atoms with van der Waals surface area (Å²) < 4.78 is 11.0. The molecule has 1 saturated heterocycles. The fourth-order valence-electron chi connectivity index (χ4n) is 5.66. The van der Waals surface area contributed by atoms with Gasteiger partial charge in [-0.2, -0.15) is 0 Å². The van der Waals surface area contributed by atoms with E-state index in [4.69, 9.17) is 9.47 Å². The second-order valence-corrected chi connectivity index (χ2v) is 9.29. The first-order valence-corrected chi connectivity index (χ1v) is 12.2. The Kier molecular flexibility index (Phi) is 6.36. The maximum atomic E-state index is 13.7. The van der Waals surface area contributed by atoms with Crippen LogP contribution in [0.1, 0.15) is 58.3 Å². The molecular weight excluding hydrogens is 446 g/mol. The molecule has 3 heterocycles. The highest BCUT2D eigenvalue weighted by molar-refractivity contribution is 6.02. The summed E-state index contributed by atoms with van der Waals surface area (Å²) in [7, 11) is 3.08. The topological polar surface area (TPSA) is 88.2 Å². The second-order valence-electron chi connectivity index (χ2n) is 9.29. The molecule has 0 unspecified atom stereocenters. The minimum absolute atomic E-state index is 0.1000. The highest BCUT2D eigenvalue weighted by Gasteiger charge is 2.46. The molecule has 0 aromatic heterocycles. The highest BCUT2D eigenvalue weighted by atomic mass is 16.5. The lowest BCUT2D eigenvalue weighted by Crippen LogP contribution is -2.50. The summed E-state index contributed by atoms with van der Waals surface area (Å²) in [6, 6.07) is 11.1. The minimum atomic E-state index is -0.586. The summed E-state index contributed by atoms with van der Waals surface area (Å²) in [5, 5.41) is 3.09. The lowest BCUT2D eigenvalue weighted by molar-refractivity contribution is -0.127. The average molecular weight is 478 g/mol. The molecule has 3 aliphatic rings. The lowest BCUT2D eigenvalue weighted by Gasteiger charge is -2.45. The van der Waals surface area contributed by atoms with Gasteiger partial charge >= 0.3 is 0 Å². The molecule has 2 atom stereocenters. The molecule has 184 valence electrons. The van der Waals surface area contributed by atoms with Crippen molar-refractivity contribution in [1.29, 1.82) is 0 Å². The molecule has 8 heteroatoms. The summed E-state index contributed by atoms with van der Waals surface area (Å²) in [5.74, 6) is 0.318. The first-order valence-electron chi connectivity index (χ1n) is 12.2. The van der Waals surface area contributed by atoms with Gasteiger partial charge in [-0.05, 0) is 48.1 Å². The largest absolute Gasteiger partial charge is 0.493 e. The van der Waals surface area contributed by atoms with Gasteiger partial charge in [0.2, 0.25) is 11.8 Å². The Morgan fingerprint density at radius 1 is 1.03 bits per heavy atom. The summed E-state index contributed by atoms with van der Waals surface area (Å²) in [6.07, 6.45) is 2.95. The van der Waals surface area contributed by atoms with Gasteiger partial charge in [0.1, 0.15) is 0 Å². The van der Waals surface area contributed by atoms with Crippen molar-refractivity contribution in [2.24, 2.45) is 0 Å². The zero-order chi connectivity index (χ0) is 24.5. The fourth-order valence-corrected chi connectivity index (χ4v) is 5.66. The van der Waals surface area contributed by atoms with E-state index < -0.39 is 12.0 Å². The predicted molar refractivity (Wildman–Crippen MR) is 130 cm³/mol. The van der Waals surface area contributed by atoms with Gasteiger partial charge in [-0.15, -0.1) is 0 Å². The van der Waals surface area contributed by atoms with Gasteiger partial charge in [0.15, 0.2) is 11.5 Å². The van der Waals surface area contributed by atoms with E-state index in [1.807, 2.05) is 28.0 Å². The van der Waals surface area contributed by atoms with Crippen molar-refractivity contribution < 1.29 is 23.9 Å².